The second kappa shape index (κ2) is 8.60. The first-order chi connectivity index (χ1) is 12.7. The number of rotatable bonds is 6. The van der Waals surface area contributed by atoms with Crippen LogP contribution in [0.2, 0.25) is 0 Å². The molecule has 0 unspecified atom stereocenters. The van der Waals surface area contributed by atoms with Crippen LogP contribution in [0.25, 0.3) is 0 Å². The molecule has 2 aromatic rings. The topological polar surface area (TPSA) is 105 Å². The third kappa shape index (κ3) is 5.50. The molecule has 0 radical (unpaired) electrons. The van der Waals surface area contributed by atoms with Crippen LogP contribution in [0.4, 0.5) is 4.39 Å². The van der Waals surface area contributed by atoms with E-state index in [-0.39, 0.29) is 16.2 Å². The molecule has 2 aromatic carbocycles. The van der Waals surface area contributed by atoms with Gasteiger partial charge in [0.2, 0.25) is 10.0 Å². The Balaban J connectivity index is 1.87. The number of hydrazine groups is 1. The number of amides is 2. The Hall–Kier alpha value is -2.98. The Labute approximate surface area is 156 Å². The molecular formula is C17H18FN3O5S. The summed E-state index contributed by atoms with van der Waals surface area (Å²) in [6, 6.07) is 10.5. The van der Waals surface area contributed by atoms with Crippen LogP contribution < -0.4 is 15.6 Å². The Morgan fingerprint density at radius 2 is 1.74 bits per heavy atom. The average Bonchev–Trinajstić information content (AvgIpc) is 2.64. The molecule has 0 aliphatic heterocycles. The van der Waals surface area contributed by atoms with Gasteiger partial charge in [0.1, 0.15) is 11.6 Å². The minimum absolute atomic E-state index is 0.0385. The molecule has 144 valence electrons. The smallest absolute Gasteiger partial charge is 0.276 e. The zero-order valence-corrected chi connectivity index (χ0v) is 15.4. The summed E-state index contributed by atoms with van der Waals surface area (Å²) in [5.74, 6) is -1.61. The minimum Gasteiger partial charge on any atom is -0.484 e. The highest BCUT2D eigenvalue weighted by atomic mass is 32.2. The molecule has 0 aliphatic carbocycles. The van der Waals surface area contributed by atoms with Crippen LogP contribution in [0, 0.1) is 5.82 Å². The van der Waals surface area contributed by atoms with Gasteiger partial charge in [-0.3, -0.25) is 20.4 Å². The monoisotopic (exact) mass is 395 g/mol. The molecule has 2 amide bonds. The first-order valence-corrected chi connectivity index (χ1v) is 9.14. The first kappa shape index (κ1) is 20.3. The molecular weight excluding hydrogens is 377 g/mol. The quantitative estimate of drug-likeness (QED) is 0.708. The average molecular weight is 395 g/mol. The minimum atomic E-state index is -3.59. The van der Waals surface area contributed by atoms with Crippen molar-refractivity contribution in [1.29, 1.82) is 0 Å². The summed E-state index contributed by atoms with van der Waals surface area (Å²) in [6.45, 7) is -0.427. The number of carbonyl (C=O) groups is 2. The highest BCUT2D eigenvalue weighted by Crippen LogP contribution is 2.14. The van der Waals surface area contributed by atoms with Crippen LogP contribution >= 0.6 is 0 Å². The van der Waals surface area contributed by atoms with Crippen molar-refractivity contribution in [3.63, 3.8) is 0 Å². The molecule has 0 saturated carbocycles. The third-order valence-corrected chi connectivity index (χ3v) is 5.21. The van der Waals surface area contributed by atoms with Gasteiger partial charge in [0.15, 0.2) is 6.61 Å². The summed E-state index contributed by atoms with van der Waals surface area (Å²) in [7, 11) is -0.793. The predicted molar refractivity (Wildman–Crippen MR) is 94.8 cm³/mol. The summed E-state index contributed by atoms with van der Waals surface area (Å²) in [5.41, 5.74) is 4.47. The summed E-state index contributed by atoms with van der Waals surface area (Å²) in [5, 5.41) is 0. The van der Waals surface area contributed by atoms with Gasteiger partial charge < -0.3 is 4.74 Å². The molecule has 0 bridgehead atoms. The van der Waals surface area contributed by atoms with E-state index in [2.05, 4.69) is 10.9 Å². The second-order valence-electron chi connectivity index (χ2n) is 5.56. The van der Waals surface area contributed by atoms with Gasteiger partial charge in [-0.2, -0.15) is 0 Å². The van der Waals surface area contributed by atoms with E-state index in [4.69, 9.17) is 4.74 Å². The van der Waals surface area contributed by atoms with E-state index in [1.54, 1.807) is 0 Å². The second-order valence-corrected chi connectivity index (χ2v) is 7.71. The van der Waals surface area contributed by atoms with Crippen LogP contribution in [0.5, 0.6) is 5.75 Å². The molecule has 0 saturated heterocycles. The lowest BCUT2D eigenvalue weighted by atomic mass is 10.2. The highest BCUT2D eigenvalue weighted by molar-refractivity contribution is 7.89. The fourth-order valence-electron chi connectivity index (χ4n) is 1.93. The van der Waals surface area contributed by atoms with Crippen LogP contribution in [0.1, 0.15) is 10.4 Å². The van der Waals surface area contributed by atoms with E-state index in [1.165, 1.54) is 56.6 Å². The normalized spacial score (nSPS) is 11.1. The van der Waals surface area contributed by atoms with E-state index in [0.29, 0.717) is 0 Å². The zero-order valence-electron chi connectivity index (χ0n) is 14.6. The van der Waals surface area contributed by atoms with Crippen molar-refractivity contribution in [3.8, 4) is 5.75 Å². The van der Waals surface area contributed by atoms with Gasteiger partial charge in [0.05, 0.1) is 4.90 Å². The maximum absolute atomic E-state index is 13.0. The summed E-state index contributed by atoms with van der Waals surface area (Å²) >= 11 is 0. The number of halogens is 1. The van der Waals surface area contributed by atoms with Crippen molar-refractivity contribution in [2.45, 2.75) is 4.90 Å². The summed E-state index contributed by atoms with van der Waals surface area (Å²) in [4.78, 5) is 23.7. The van der Waals surface area contributed by atoms with Gasteiger partial charge >= 0.3 is 0 Å². The van der Waals surface area contributed by atoms with Gasteiger partial charge in [0.25, 0.3) is 11.8 Å². The molecule has 0 fully saturated rings. The van der Waals surface area contributed by atoms with Crippen molar-refractivity contribution < 1.29 is 27.1 Å². The fraction of sp³-hybridized carbons (Fsp3) is 0.176. The number of hydrogen-bond acceptors (Lipinski definition) is 5. The van der Waals surface area contributed by atoms with Gasteiger partial charge in [-0.25, -0.2) is 17.1 Å². The molecule has 2 N–H and O–H groups in total. The molecule has 0 atom stereocenters. The Bertz CT molecular complexity index is 930. The Morgan fingerprint density at radius 3 is 2.33 bits per heavy atom. The number of benzene rings is 2. The maximum Gasteiger partial charge on any atom is 0.276 e. The SMILES string of the molecule is CN(C)S(=O)(=O)c1ccc(C(=O)NNC(=O)COc2cccc(F)c2)cc1. The number of sulfonamides is 1. The zero-order chi connectivity index (χ0) is 20.0. The molecule has 0 aromatic heterocycles. The molecule has 10 heteroatoms. The Kier molecular flexibility index (Phi) is 6.48. The largest absolute Gasteiger partial charge is 0.484 e. The van der Waals surface area contributed by atoms with Gasteiger partial charge in [-0.1, -0.05) is 6.07 Å². The van der Waals surface area contributed by atoms with E-state index in [0.717, 1.165) is 10.4 Å². The van der Waals surface area contributed by atoms with Crippen LogP contribution in [-0.2, 0) is 14.8 Å². The molecule has 27 heavy (non-hydrogen) atoms. The van der Waals surface area contributed by atoms with Gasteiger partial charge in [-0.05, 0) is 36.4 Å². The van der Waals surface area contributed by atoms with E-state index >= 15 is 0 Å². The number of hydrogen-bond donors (Lipinski definition) is 2. The van der Waals surface area contributed by atoms with E-state index in [1.807, 2.05) is 0 Å². The molecule has 2 rings (SSSR count). The summed E-state index contributed by atoms with van der Waals surface area (Å²) < 4.78 is 43.1. The molecule has 0 spiro atoms. The maximum atomic E-state index is 13.0. The first-order valence-electron chi connectivity index (χ1n) is 7.70. The number of nitrogens with zero attached hydrogens (tertiary/aromatic N) is 1. The van der Waals surface area contributed by atoms with Crippen molar-refractivity contribution >= 4 is 21.8 Å². The van der Waals surface area contributed by atoms with Gasteiger partial charge in [-0.15, -0.1) is 0 Å². The van der Waals surface area contributed by atoms with Crippen molar-refractivity contribution in [2.75, 3.05) is 20.7 Å². The van der Waals surface area contributed by atoms with Crippen LogP contribution in [0.3, 0.4) is 0 Å². The molecule has 0 heterocycles. The van der Waals surface area contributed by atoms with Crippen molar-refractivity contribution in [3.05, 3.63) is 59.9 Å². The van der Waals surface area contributed by atoms with Crippen molar-refractivity contribution in [2.24, 2.45) is 0 Å². The standard InChI is InChI=1S/C17H18FN3O5S/c1-21(2)27(24,25)15-8-6-12(7-9-15)17(23)20-19-16(22)11-26-14-5-3-4-13(18)10-14/h3-10H,11H2,1-2H3,(H,19,22)(H,20,23). The van der Waals surface area contributed by atoms with Crippen LogP contribution in [-0.4, -0.2) is 45.2 Å². The molecule has 8 nitrogen and oxygen atoms in total. The number of nitrogens with one attached hydrogen (secondary N) is 2. The summed E-state index contributed by atoms with van der Waals surface area (Å²) in [6.07, 6.45) is 0. The lowest BCUT2D eigenvalue weighted by Gasteiger charge is -2.12. The van der Waals surface area contributed by atoms with E-state index < -0.39 is 34.3 Å². The van der Waals surface area contributed by atoms with Gasteiger partial charge in [0, 0.05) is 25.7 Å². The van der Waals surface area contributed by atoms with Crippen molar-refractivity contribution in [1.82, 2.24) is 15.2 Å². The number of ether oxygens (including phenoxy) is 1. The van der Waals surface area contributed by atoms with Crippen LogP contribution in [0.15, 0.2) is 53.4 Å². The number of carbonyl (C=O) groups excluding carboxylic acids is 2. The highest BCUT2D eigenvalue weighted by Gasteiger charge is 2.17. The third-order valence-electron chi connectivity index (χ3n) is 3.38. The Morgan fingerprint density at radius 1 is 1.07 bits per heavy atom. The van der Waals surface area contributed by atoms with E-state index in [9.17, 15) is 22.4 Å². The predicted octanol–water partition coefficient (Wildman–Crippen LogP) is 0.916. The fourth-order valence-corrected chi connectivity index (χ4v) is 2.83. The lowest BCUT2D eigenvalue weighted by Crippen LogP contribution is -2.43. The lowest BCUT2D eigenvalue weighted by molar-refractivity contribution is -0.123. The molecule has 0 aliphatic rings.